The summed E-state index contributed by atoms with van der Waals surface area (Å²) in [5.74, 6) is 0. The molecule has 12 heavy (non-hydrogen) atoms. The van der Waals surface area contributed by atoms with E-state index in [1.54, 1.807) is 11.8 Å². The molecule has 1 rings (SSSR count). The third kappa shape index (κ3) is 4.20. The molecule has 0 aromatic carbocycles. The van der Waals surface area contributed by atoms with Crippen LogP contribution >= 0.6 is 24.0 Å². The summed E-state index contributed by atoms with van der Waals surface area (Å²) >= 11 is 6.58. The first-order valence-corrected chi connectivity index (χ1v) is 5.33. The van der Waals surface area contributed by atoms with Crippen LogP contribution in [-0.4, -0.2) is 9.07 Å². The van der Waals surface area contributed by atoms with Gasteiger partial charge < -0.3 is 5.73 Å². The Bertz CT molecular complexity index is 155. The molecule has 0 unspecified atom stereocenters. The minimum absolute atomic E-state index is 0. The molecule has 0 heterocycles. The molecule has 66 valence electrons. The van der Waals surface area contributed by atoms with E-state index in [2.05, 4.69) is 6.92 Å². The first-order valence-electron chi connectivity index (χ1n) is 4.11. The van der Waals surface area contributed by atoms with Crippen LogP contribution in [0.25, 0.3) is 0 Å². The van der Waals surface area contributed by atoms with Crippen molar-refractivity contribution in [1.29, 1.82) is 0 Å². The van der Waals surface area contributed by atoms with Gasteiger partial charge in [-0.05, 0) is 19.8 Å². The molecule has 0 saturated heterocycles. The van der Waals surface area contributed by atoms with Crippen molar-refractivity contribution in [3.63, 3.8) is 0 Å². The maximum absolute atomic E-state index is 5.50. The van der Waals surface area contributed by atoms with Crippen molar-refractivity contribution in [1.82, 2.24) is 0 Å². The smallest absolute Gasteiger partial charge is 0.131 e. The van der Waals surface area contributed by atoms with Crippen LogP contribution in [0.5, 0.6) is 0 Å². The van der Waals surface area contributed by atoms with Gasteiger partial charge in [-0.25, -0.2) is 0 Å². The van der Waals surface area contributed by atoms with Crippen LogP contribution in [0.1, 0.15) is 39.0 Å². The molecule has 1 saturated carbocycles. The van der Waals surface area contributed by atoms with Crippen LogP contribution < -0.4 is 5.73 Å². The zero-order chi connectivity index (χ0) is 8.32. The van der Waals surface area contributed by atoms with Crippen LogP contribution in [0.15, 0.2) is 0 Å². The van der Waals surface area contributed by atoms with Crippen LogP contribution in [-0.2, 0) is 19.5 Å². The molecule has 0 bridgehead atoms. The zero-order valence-corrected chi connectivity index (χ0v) is 12.2. The van der Waals surface area contributed by atoms with Gasteiger partial charge in [0.25, 0.3) is 0 Å². The summed E-state index contributed by atoms with van der Waals surface area (Å²) in [5.41, 5.74) is 5.50. The monoisotopic (exact) mass is 253 g/mol. The minimum atomic E-state index is 0. The van der Waals surface area contributed by atoms with Crippen molar-refractivity contribution >= 4 is 28.3 Å². The predicted molar refractivity (Wildman–Crippen MR) is 55.9 cm³/mol. The first-order chi connectivity index (χ1) is 5.12. The predicted octanol–water partition coefficient (Wildman–Crippen LogP) is 2.68. The molecule has 1 nitrogen and oxygen atoms in total. The van der Waals surface area contributed by atoms with E-state index in [1.165, 1.54) is 32.1 Å². The third-order valence-electron chi connectivity index (χ3n) is 2.26. The van der Waals surface area contributed by atoms with E-state index in [0.29, 0.717) is 9.07 Å². The van der Waals surface area contributed by atoms with Gasteiger partial charge in [0.1, 0.15) is 4.32 Å². The fraction of sp³-hybridized carbons (Fsp3) is 0.875. The van der Waals surface area contributed by atoms with Gasteiger partial charge in [0.15, 0.2) is 0 Å². The van der Waals surface area contributed by atoms with Crippen molar-refractivity contribution in [2.75, 3.05) is 0 Å². The van der Waals surface area contributed by atoms with Crippen LogP contribution in [0.4, 0.5) is 0 Å². The van der Waals surface area contributed by atoms with Crippen molar-refractivity contribution in [3.8, 4) is 0 Å². The second kappa shape index (κ2) is 5.56. The molecular weight excluding hydrogens is 240 g/mol. The fourth-order valence-corrected chi connectivity index (χ4v) is 3.23. The second-order valence-corrected chi connectivity index (χ2v) is 5.76. The fourth-order valence-electron chi connectivity index (χ4n) is 1.64. The maximum atomic E-state index is 5.50. The van der Waals surface area contributed by atoms with E-state index in [4.69, 9.17) is 18.0 Å². The summed E-state index contributed by atoms with van der Waals surface area (Å²) in [6.07, 6.45) is 6.61. The van der Waals surface area contributed by atoms with E-state index >= 15 is 0 Å². The quantitative estimate of drug-likeness (QED) is 0.576. The Morgan fingerprint density at radius 3 is 2.25 bits per heavy atom. The van der Waals surface area contributed by atoms with Gasteiger partial charge in [-0.2, -0.15) is 0 Å². The topological polar surface area (TPSA) is 26.0 Å². The summed E-state index contributed by atoms with van der Waals surface area (Å²) in [4.78, 5) is 0. The van der Waals surface area contributed by atoms with Gasteiger partial charge in [0.05, 0.1) is 0 Å². The molecule has 0 radical (unpaired) electrons. The number of hydrogen-bond donors (Lipinski definition) is 1. The number of thiocarbonyl (C=S) groups is 1. The Labute approximate surface area is 97.0 Å². The van der Waals surface area contributed by atoms with Gasteiger partial charge >= 0.3 is 0 Å². The molecule has 4 heteroatoms. The Morgan fingerprint density at radius 1 is 1.33 bits per heavy atom. The van der Waals surface area contributed by atoms with E-state index in [0.717, 1.165) is 0 Å². The van der Waals surface area contributed by atoms with Gasteiger partial charge in [0.2, 0.25) is 0 Å². The largest absolute Gasteiger partial charge is 0.385 e. The molecule has 0 spiro atoms. The second-order valence-electron chi connectivity index (χ2n) is 3.43. The summed E-state index contributed by atoms with van der Waals surface area (Å²) < 4.78 is 0.957. The summed E-state index contributed by atoms with van der Waals surface area (Å²) in [6.45, 7) is 2.27. The normalized spacial score (nSPS) is 21.1. The zero-order valence-electron chi connectivity index (χ0n) is 7.64. The van der Waals surface area contributed by atoms with E-state index < -0.39 is 0 Å². The number of thioether (sulfide) groups is 1. The van der Waals surface area contributed by atoms with Gasteiger partial charge in [-0.1, -0.05) is 43.2 Å². The number of hydrogen-bond acceptors (Lipinski definition) is 2. The van der Waals surface area contributed by atoms with Crippen molar-refractivity contribution < 1.29 is 19.5 Å². The first kappa shape index (κ1) is 12.9. The maximum Gasteiger partial charge on any atom is 0.131 e. The third-order valence-corrected chi connectivity index (χ3v) is 3.61. The molecule has 1 aliphatic carbocycles. The average Bonchev–Trinajstić information content (AvgIpc) is 1.85. The van der Waals surface area contributed by atoms with Crippen molar-refractivity contribution in [3.05, 3.63) is 0 Å². The molecule has 0 atom stereocenters. The summed E-state index contributed by atoms with van der Waals surface area (Å²) in [6, 6.07) is 0. The van der Waals surface area contributed by atoms with Crippen LogP contribution in [0, 0.1) is 0 Å². The molecule has 1 fully saturated rings. The molecule has 2 N–H and O–H groups in total. The number of rotatable bonds is 1. The van der Waals surface area contributed by atoms with Crippen molar-refractivity contribution in [2.45, 2.75) is 43.8 Å². The van der Waals surface area contributed by atoms with Crippen LogP contribution in [0.3, 0.4) is 0 Å². The van der Waals surface area contributed by atoms with E-state index in [1.807, 2.05) is 0 Å². The molecular formula is C8H15NS2Zn. The van der Waals surface area contributed by atoms with Gasteiger partial charge in [0, 0.05) is 24.2 Å². The summed E-state index contributed by atoms with van der Waals surface area (Å²) in [7, 11) is 0. The Morgan fingerprint density at radius 2 is 1.83 bits per heavy atom. The number of nitrogens with two attached hydrogens (primary N) is 1. The molecule has 0 aliphatic heterocycles. The van der Waals surface area contributed by atoms with Gasteiger partial charge in [-0.3, -0.25) is 0 Å². The van der Waals surface area contributed by atoms with Gasteiger partial charge in [-0.15, -0.1) is 0 Å². The van der Waals surface area contributed by atoms with E-state index in [9.17, 15) is 0 Å². The minimum Gasteiger partial charge on any atom is -0.385 e. The summed E-state index contributed by atoms with van der Waals surface area (Å²) in [5, 5.41) is 0. The molecule has 0 amide bonds. The Hall–Kier alpha value is 0.863. The van der Waals surface area contributed by atoms with E-state index in [-0.39, 0.29) is 19.5 Å². The van der Waals surface area contributed by atoms with Crippen molar-refractivity contribution in [2.24, 2.45) is 5.73 Å². The molecule has 1 aliphatic rings. The van der Waals surface area contributed by atoms with Crippen LogP contribution in [0.2, 0.25) is 0 Å². The average molecular weight is 255 g/mol. The molecule has 0 aromatic heterocycles. The SMILES string of the molecule is CC1(SC(N)=S)CCCCC1.[Zn]. The Balaban J connectivity index is 0.00000121. The standard InChI is InChI=1S/C8H15NS2.Zn/c1-8(11-7(9)10)5-3-2-4-6-8;/h2-6H2,1H3,(H2,9,10);. The Kier molecular flexibility index (Phi) is 5.96. The molecule has 0 aromatic rings.